The molecule has 0 aliphatic rings. The number of nitrogens with zero attached hydrogens (tertiary/aromatic N) is 5. The van der Waals surface area contributed by atoms with Gasteiger partial charge in [-0.2, -0.15) is 10.2 Å². The van der Waals surface area contributed by atoms with Crippen LogP contribution in [-0.2, 0) is 0 Å². The number of pyridine rings is 3. The van der Waals surface area contributed by atoms with Crippen LogP contribution in [0.4, 0.5) is 0 Å². The first-order valence-corrected chi connectivity index (χ1v) is 9.08. The van der Waals surface area contributed by atoms with Crippen molar-refractivity contribution in [3.63, 3.8) is 0 Å². The Balaban J connectivity index is 1.54. The summed E-state index contributed by atoms with van der Waals surface area (Å²) in [5.74, 6) is 0. The zero-order valence-corrected chi connectivity index (χ0v) is 15.1. The average molecular weight is 378 g/mol. The number of hydrogen-bond acceptors (Lipinski definition) is 5. The van der Waals surface area contributed by atoms with Crippen molar-refractivity contribution in [3.8, 4) is 33.8 Å². The van der Waals surface area contributed by atoms with Crippen molar-refractivity contribution in [1.29, 1.82) is 0 Å². The number of H-pyrrole nitrogens is 3. The van der Waals surface area contributed by atoms with Crippen molar-refractivity contribution >= 4 is 21.9 Å². The van der Waals surface area contributed by atoms with Crippen LogP contribution in [0.25, 0.3) is 55.7 Å². The molecule has 0 amide bonds. The zero-order valence-electron chi connectivity index (χ0n) is 15.1. The largest absolute Gasteiger partial charge is 0.352 e. The molecule has 0 fully saturated rings. The average Bonchev–Trinajstić information content (AvgIpc) is 3.52. The molecule has 3 N–H and O–H groups in total. The van der Waals surface area contributed by atoms with Gasteiger partial charge in [-0.3, -0.25) is 20.2 Å². The van der Waals surface area contributed by atoms with Crippen molar-refractivity contribution in [1.82, 2.24) is 40.3 Å². The van der Waals surface area contributed by atoms with Gasteiger partial charge in [-0.25, -0.2) is 4.98 Å². The van der Waals surface area contributed by atoms with Crippen molar-refractivity contribution in [3.05, 3.63) is 67.5 Å². The quantitative estimate of drug-likeness (QED) is 0.432. The smallest absolute Gasteiger partial charge is 0.135 e. The molecule has 0 aromatic carbocycles. The van der Waals surface area contributed by atoms with Gasteiger partial charge >= 0.3 is 0 Å². The Bertz CT molecular complexity index is 1440. The van der Waals surface area contributed by atoms with E-state index in [1.165, 1.54) is 0 Å². The molecule has 0 saturated carbocycles. The Labute approximate surface area is 164 Å². The first-order chi connectivity index (χ1) is 14.4. The van der Waals surface area contributed by atoms with Gasteiger partial charge in [0.15, 0.2) is 0 Å². The summed E-state index contributed by atoms with van der Waals surface area (Å²) in [7, 11) is 0. The molecule has 6 aromatic heterocycles. The van der Waals surface area contributed by atoms with E-state index >= 15 is 0 Å². The molecule has 8 heteroatoms. The SMILES string of the molecule is c1cncc(-c2cncc3[nH]c(-c4n[nH]c5ccc(-c6cn[nH]c6)nc45)cc23)c1. The van der Waals surface area contributed by atoms with E-state index in [1.807, 2.05) is 49.1 Å². The van der Waals surface area contributed by atoms with Crippen LogP contribution in [0.2, 0.25) is 0 Å². The number of fused-ring (bicyclic) bond motifs is 2. The first-order valence-electron chi connectivity index (χ1n) is 9.08. The van der Waals surface area contributed by atoms with Crippen LogP contribution in [0, 0.1) is 0 Å². The Morgan fingerprint density at radius 2 is 1.86 bits per heavy atom. The minimum Gasteiger partial charge on any atom is -0.352 e. The maximum Gasteiger partial charge on any atom is 0.135 e. The van der Waals surface area contributed by atoms with Crippen molar-refractivity contribution in [2.75, 3.05) is 0 Å². The van der Waals surface area contributed by atoms with E-state index in [4.69, 9.17) is 4.98 Å². The highest BCUT2D eigenvalue weighted by Gasteiger charge is 2.15. The number of aromatic nitrogens is 8. The van der Waals surface area contributed by atoms with Crippen LogP contribution < -0.4 is 0 Å². The third-order valence-electron chi connectivity index (χ3n) is 4.97. The van der Waals surface area contributed by atoms with Crippen LogP contribution in [0.3, 0.4) is 0 Å². The Hall–Kier alpha value is -4.33. The fourth-order valence-electron chi connectivity index (χ4n) is 3.57. The molecule has 6 rings (SSSR count). The number of aromatic amines is 3. The summed E-state index contributed by atoms with van der Waals surface area (Å²) in [6.07, 6.45) is 10.8. The predicted molar refractivity (Wildman–Crippen MR) is 110 cm³/mol. The molecule has 0 radical (unpaired) electrons. The monoisotopic (exact) mass is 378 g/mol. The molecule has 6 aromatic rings. The molecular weight excluding hydrogens is 364 g/mol. The van der Waals surface area contributed by atoms with E-state index in [-0.39, 0.29) is 0 Å². The number of hydrogen-bond donors (Lipinski definition) is 3. The molecule has 0 spiro atoms. The maximum atomic E-state index is 4.81. The fourth-order valence-corrected chi connectivity index (χ4v) is 3.57. The van der Waals surface area contributed by atoms with Crippen LogP contribution >= 0.6 is 0 Å². The third-order valence-corrected chi connectivity index (χ3v) is 4.97. The lowest BCUT2D eigenvalue weighted by molar-refractivity contribution is 1.09. The van der Waals surface area contributed by atoms with Gasteiger partial charge in [0.2, 0.25) is 0 Å². The molecule has 6 heterocycles. The second-order valence-corrected chi connectivity index (χ2v) is 6.72. The lowest BCUT2D eigenvalue weighted by Gasteiger charge is -2.01. The maximum absolute atomic E-state index is 4.81. The fraction of sp³-hybridized carbons (Fsp3) is 0. The van der Waals surface area contributed by atoms with Gasteiger partial charge in [-0.1, -0.05) is 6.07 Å². The van der Waals surface area contributed by atoms with E-state index in [9.17, 15) is 0 Å². The van der Waals surface area contributed by atoms with Crippen LogP contribution in [0.15, 0.2) is 67.5 Å². The highest BCUT2D eigenvalue weighted by Crippen LogP contribution is 2.33. The van der Waals surface area contributed by atoms with Crippen molar-refractivity contribution in [2.45, 2.75) is 0 Å². The van der Waals surface area contributed by atoms with Crippen LogP contribution in [-0.4, -0.2) is 40.3 Å². The van der Waals surface area contributed by atoms with Gasteiger partial charge in [-0.05, 0) is 24.3 Å². The zero-order chi connectivity index (χ0) is 19.2. The summed E-state index contributed by atoms with van der Waals surface area (Å²) >= 11 is 0. The Morgan fingerprint density at radius 3 is 2.72 bits per heavy atom. The number of rotatable bonds is 3. The lowest BCUT2D eigenvalue weighted by Crippen LogP contribution is -1.84. The Morgan fingerprint density at radius 1 is 0.862 bits per heavy atom. The highest BCUT2D eigenvalue weighted by molar-refractivity contribution is 5.99. The molecule has 29 heavy (non-hydrogen) atoms. The molecule has 0 aliphatic carbocycles. The molecule has 0 atom stereocenters. The summed E-state index contributed by atoms with van der Waals surface area (Å²) in [5.41, 5.74) is 8.04. The van der Waals surface area contributed by atoms with E-state index in [0.29, 0.717) is 0 Å². The van der Waals surface area contributed by atoms with Gasteiger partial charge < -0.3 is 4.98 Å². The number of nitrogens with one attached hydrogen (secondary N) is 3. The van der Waals surface area contributed by atoms with Gasteiger partial charge in [0.05, 0.1) is 34.8 Å². The van der Waals surface area contributed by atoms with E-state index < -0.39 is 0 Å². The van der Waals surface area contributed by atoms with Gasteiger partial charge in [0.1, 0.15) is 11.2 Å². The van der Waals surface area contributed by atoms with Gasteiger partial charge in [0.25, 0.3) is 0 Å². The van der Waals surface area contributed by atoms with E-state index in [2.05, 4.69) is 41.4 Å². The predicted octanol–water partition coefficient (Wildman–Crippen LogP) is 3.95. The van der Waals surface area contributed by atoms with Crippen LogP contribution in [0.1, 0.15) is 0 Å². The van der Waals surface area contributed by atoms with Crippen molar-refractivity contribution < 1.29 is 0 Å². The second-order valence-electron chi connectivity index (χ2n) is 6.72. The minimum atomic E-state index is 0.763. The molecule has 0 bridgehead atoms. The second kappa shape index (κ2) is 6.10. The Kier molecular flexibility index (Phi) is 3.30. The molecule has 0 saturated heterocycles. The third kappa shape index (κ3) is 2.50. The molecule has 0 unspecified atom stereocenters. The van der Waals surface area contributed by atoms with Crippen LogP contribution in [0.5, 0.6) is 0 Å². The summed E-state index contributed by atoms with van der Waals surface area (Å²) in [6.45, 7) is 0. The van der Waals surface area contributed by atoms with E-state index in [1.54, 1.807) is 12.4 Å². The summed E-state index contributed by atoms with van der Waals surface area (Å²) < 4.78 is 0. The topological polar surface area (TPSA) is 112 Å². The first kappa shape index (κ1) is 15.7. The van der Waals surface area contributed by atoms with Crippen molar-refractivity contribution in [2.24, 2.45) is 0 Å². The normalized spacial score (nSPS) is 11.4. The lowest BCUT2D eigenvalue weighted by atomic mass is 10.1. The molecule has 138 valence electrons. The summed E-state index contributed by atoms with van der Waals surface area (Å²) in [5, 5.41) is 15.5. The van der Waals surface area contributed by atoms with Gasteiger partial charge in [0, 0.05) is 46.9 Å². The standard InChI is InChI=1S/C21H14N8/c1-2-12(7-22-5-1)15-10-23-11-19-14(15)6-18(26-19)21-20-17(28-29-21)4-3-16(27-20)13-8-24-25-9-13/h1-11,26H,(H,24,25)(H,28,29). The summed E-state index contributed by atoms with van der Waals surface area (Å²) in [6, 6.07) is 9.96. The highest BCUT2D eigenvalue weighted by atomic mass is 15.1. The molecule has 0 aliphatic heterocycles. The van der Waals surface area contributed by atoms with Gasteiger partial charge in [-0.15, -0.1) is 0 Å². The van der Waals surface area contributed by atoms with E-state index in [0.717, 1.165) is 55.7 Å². The summed E-state index contributed by atoms with van der Waals surface area (Å²) in [4.78, 5) is 16.8. The molecule has 8 nitrogen and oxygen atoms in total. The minimum absolute atomic E-state index is 0.763. The molecular formula is C21H14N8.